The number of allylic oxidation sites excluding steroid dienone is 1. The summed E-state index contributed by atoms with van der Waals surface area (Å²) in [7, 11) is 0. The van der Waals surface area contributed by atoms with E-state index < -0.39 is 30.1 Å². The van der Waals surface area contributed by atoms with Crippen molar-refractivity contribution in [3.8, 4) is 0 Å². The van der Waals surface area contributed by atoms with Gasteiger partial charge in [-0.2, -0.15) is 0 Å². The van der Waals surface area contributed by atoms with Crippen molar-refractivity contribution in [1.82, 2.24) is 0 Å². The second kappa shape index (κ2) is 8.64. The lowest BCUT2D eigenvalue weighted by molar-refractivity contribution is -0.147. The molecule has 2 rings (SSSR count). The first-order chi connectivity index (χ1) is 12.3. The van der Waals surface area contributed by atoms with Gasteiger partial charge in [0.15, 0.2) is 0 Å². The highest BCUT2D eigenvalue weighted by Crippen LogP contribution is 2.45. The van der Waals surface area contributed by atoms with E-state index >= 15 is 0 Å². The molecule has 0 aromatic heterocycles. The number of rotatable bonds is 7. The first-order valence-corrected chi connectivity index (χ1v) is 9.02. The molecule has 0 aromatic rings. The number of aliphatic hydroxyl groups is 2. The zero-order chi connectivity index (χ0) is 19.4. The maximum absolute atomic E-state index is 12.4. The van der Waals surface area contributed by atoms with Crippen LogP contribution < -0.4 is 0 Å². The van der Waals surface area contributed by atoms with Crippen molar-refractivity contribution in [2.45, 2.75) is 52.2 Å². The fraction of sp³-hybridized carbons (Fsp3) is 0.600. The van der Waals surface area contributed by atoms with Crippen LogP contribution in [0.3, 0.4) is 0 Å². The van der Waals surface area contributed by atoms with Crippen LogP contribution in [0.4, 0.5) is 0 Å². The SMILES string of the molecule is C=C1C(=O)OC2CC(CO)=C(C(C)CCCO)C(OC(=O)/C(C)=C/C)C12. The molecule has 1 saturated heterocycles. The molecule has 2 N–H and O–H groups in total. The molecule has 1 aliphatic carbocycles. The Morgan fingerprint density at radius 2 is 2.15 bits per heavy atom. The van der Waals surface area contributed by atoms with Crippen molar-refractivity contribution in [3.05, 3.63) is 34.9 Å². The molecule has 1 aliphatic heterocycles. The predicted molar refractivity (Wildman–Crippen MR) is 96.0 cm³/mol. The van der Waals surface area contributed by atoms with Crippen LogP contribution in [0.2, 0.25) is 0 Å². The quantitative estimate of drug-likeness (QED) is 0.408. The van der Waals surface area contributed by atoms with Crippen LogP contribution in [-0.2, 0) is 19.1 Å². The summed E-state index contributed by atoms with van der Waals surface area (Å²) in [4.78, 5) is 24.4. The number of carbonyl (C=O) groups is 2. The van der Waals surface area contributed by atoms with Gasteiger partial charge in [0.25, 0.3) is 0 Å². The minimum atomic E-state index is -0.703. The van der Waals surface area contributed by atoms with Crippen LogP contribution in [0.5, 0.6) is 0 Å². The van der Waals surface area contributed by atoms with E-state index in [0.29, 0.717) is 30.4 Å². The maximum Gasteiger partial charge on any atom is 0.334 e. The predicted octanol–water partition coefficient (Wildman–Crippen LogP) is 2.06. The Hall–Kier alpha value is -1.92. The summed E-state index contributed by atoms with van der Waals surface area (Å²) in [6, 6.07) is 0. The maximum atomic E-state index is 12.4. The van der Waals surface area contributed by atoms with Gasteiger partial charge < -0.3 is 19.7 Å². The van der Waals surface area contributed by atoms with Crippen molar-refractivity contribution < 1.29 is 29.3 Å². The second-order valence-electron chi connectivity index (χ2n) is 6.98. The van der Waals surface area contributed by atoms with Gasteiger partial charge >= 0.3 is 11.9 Å². The smallest absolute Gasteiger partial charge is 0.334 e. The van der Waals surface area contributed by atoms with Gasteiger partial charge in [-0.25, -0.2) is 9.59 Å². The zero-order valence-electron chi connectivity index (χ0n) is 15.7. The number of hydrogen-bond donors (Lipinski definition) is 2. The van der Waals surface area contributed by atoms with Gasteiger partial charge in [0.05, 0.1) is 12.5 Å². The summed E-state index contributed by atoms with van der Waals surface area (Å²) >= 11 is 0. The molecule has 26 heavy (non-hydrogen) atoms. The molecular formula is C20H28O6. The molecule has 0 bridgehead atoms. The Bertz CT molecular complexity index is 645. The standard InChI is InChI=1S/C20H28O6/c1-5-11(2)19(23)26-18-16(12(3)7-6-8-21)14(10-22)9-15-17(18)13(4)20(24)25-15/h5,12,15,17-18,21-22H,4,6-10H2,1-3H3/b11-5+. The molecule has 1 fully saturated rings. The molecule has 4 unspecified atom stereocenters. The monoisotopic (exact) mass is 364 g/mol. The second-order valence-corrected chi connectivity index (χ2v) is 6.98. The normalized spacial score (nSPS) is 27.3. The summed E-state index contributed by atoms with van der Waals surface area (Å²) in [6.07, 6.45) is 2.17. The van der Waals surface area contributed by atoms with E-state index in [2.05, 4.69) is 6.58 Å². The molecular weight excluding hydrogens is 336 g/mol. The van der Waals surface area contributed by atoms with Crippen molar-refractivity contribution in [2.24, 2.45) is 11.8 Å². The van der Waals surface area contributed by atoms with Gasteiger partial charge in [0.2, 0.25) is 0 Å². The fourth-order valence-corrected chi connectivity index (χ4v) is 3.75. The van der Waals surface area contributed by atoms with E-state index in [1.807, 2.05) is 6.92 Å². The van der Waals surface area contributed by atoms with E-state index in [1.165, 1.54) is 0 Å². The van der Waals surface area contributed by atoms with Crippen LogP contribution >= 0.6 is 0 Å². The number of esters is 2. The summed E-state index contributed by atoms with van der Waals surface area (Å²) in [5, 5.41) is 19.0. The van der Waals surface area contributed by atoms with E-state index in [4.69, 9.17) is 14.6 Å². The van der Waals surface area contributed by atoms with Crippen LogP contribution in [0, 0.1) is 11.8 Å². The lowest BCUT2D eigenvalue weighted by atomic mass is 9.73. The minimum absolute atomic E-state index is 0.0162. The van der Waals surface area contributed by atoms with Gasteiger partial charge in [-0.1, -0.05) is 19.6 Å². The van der Waals surface area contributed by atoms with Crippen molar-refractivity contribution in [3.63, 3.8) is 0 Å². The number of carbonyl (C=O) groups excluding carboxylic acids is 2. The Labute approximate surface area is 154 Å². The molecule has 0 aromatic carbocycles. The lowest BCUT2D eigenvalue weighted by Gasteiger charge is -2.38. The summed E-state index contributed by atoms with van der Waals surface area (Å²) in [5.74, 6) is -1.41. The highest BCUT2D eigenvalue weighted by atomic mass is 16.6. The van der Waals surface area contributed by atoms with E-state index in [9.17, 15) is 14.7 Å². The molecule has 4 atom stereocenters. The molecule has 144 valence electrons. The Balaban J connectivity index is 2.45. The minimum Gasteiger partial charge on any atom is -0.458 e. The van der Waals surface area contributed by atoms with E-state index in [-0.39, 0.29) is 19.1 Å². The Kier molecular flexibility index (Phi) is 6.78. The zero-order valence-corrected chi connectivity index (χ0v) is 15.7. The molecule has 6 nitrogen and oxygen atoms in total. The molecule has 0 spiro atoms. The van der Waals surface area contributed by atoms with Crippen LogP contribution in [0.25, 0.3) is 0 Å². The highest BCUT2D eigenvalue weighted by molar-refractivity contribution is 5.92. The summed E-state index contributed by atoms with van der Waals surface area (Å²) in [5.41, 5.74) is 2.32. The highest BCUT2D eigenvalue weighted by Gasteiger charge is 2.50. The average molecular weight is 364 g/mol. The first kappa shape index (κ1) is 20.4. The van der Waals surface area contributed by atoms with Crippen molar-refractivity contribution in [2.75, 3.05) is 13.2 Å². The molecule has 0 saturated carbocycles. The molecule has 0 radical (unpaired) electrons. The van der Waals surface area contributed by atoms with Crippen molar-refractivity contribution in [1.29, 1.82) is 0 Å². The van der Waals surface area contributed by atoms with E-state index in [1.54, 1.807) is 19.9 Å². The first-order valence-electron chi connectivity index (χ1n) is 9.02. The molecule has 1 heterocycles. The lowest BCUT2D eigenvalue weighted by Crippen LogP contribution is -2.41. The van der Waals surface area contributed by atoms with Crippen LogP contribution in [0.15, 0.2) is 34.9 Å². The van der Waals surface area contributed by atoms with Crippen LogP contribution in [-0.4, -0.2) is 47.6 Å². The number of ether oxygens (including phenoxy) is 2. The summed E-state index contributed by atoms with van der Waals surface area (Å²) in [6.45, 7) is 9.11. The molecule has 2 aliphatic rings. The van der Waals surface area contributed by atoms with Gasteiger partial charge in [-0.05, 0) is 43.8 Å². The Morgan fingerprint density at radius 1 is 1.46 bits per heavy atom. The van der Waals surface area contributed by atoms with Crippen LogP contribution in [0.1, 0.15) is 40.0 Å². The summed E-state index contributed by atoms with van der Waals surface area (Å²) < 4.78 is 11.2. The number of aliphatic hydroxyl groups excluding tert-OH is 2. The largest absolute Gasteiger partial charge is 0.458 e. The molecule has 0 amide bonds. The third-order valence-electron chi connectivity index (χ3n) is 5.32. The third kappa shape index (κ3) is 3.91. The fourth-order valence-electron chi connectivity index (χ4n) is 3.75. The van der Waals surface area contributed by atoms with Gasteiger partial charge in [0.1, 0.15) is 12.2 Å². The number of fused-ring (bicyclic) bond motifs is 1. The Morgan fingerprint density at radius 3 is 2.73 bits per heavy atom. The van der Waals surface area contributed by atoms with Gasteiger partial charge in [-0.3, -0.25) is 0 Å². The number of hydrogen-bond acceptors (Lipinski definition) is 6. The average Bonchev–Trinajstić information content (AvgIpc) is 2.92. The van der Waals surface area contributed by atoms with Crippen molar-refractivity contribution >= 4 is 11.9 Å². The topological polar surface area (TPSA) is 93.1 Å². The van der Waals surface area contributed by atoms with Gasteiger partial charge in [-0.15, -0.1) is 0 Å². The van der Waals surface area contributed by atoms with E-state index in [0.717, 1.165) is 11.1 Å². The molecule has 6 heteroatoms. The third-order valence-corrected chi connectivity index (χ3v) is 5.32. The van der Waals surface area contributed by atoms with Gasteiger partial charge in [0, 0.05) is 24.2 Å².